The minimum atomic E-state index is -0.813. The van der Waals surface area contributed by atoms with E-state index in [4.69, 9.17) is 9.84 Å². The molecule has 0 saturated carbocycles. The third-order valence-corrected chi connectivity index (χ3v) is 3.40. The second kappa shape index (κ2) is 7.48. The quantitative estimate of drug-likeness (QED) is 0.813. The summed E-state index contributed by atoms with van der Waals surface area (Å²) in [6, 6.07) is 6.11. The van der Waals surface area contributed by atoms with Gasteiger partial charge in [0.2, 0.25) is 0 Å². The van der Waals surface area contributed by atoms with Crippen LogP contribution in [0.4, 0.5) is 0 Å². The predicted octanol–water partition coefficient (Wildman–Crippen LogP) is 4.90. The fourth-order valence-electron chi connectivity index (χ4n) is 2.10. The van der Waals surface area contributed by atoms with Gasteiger partial charge in [0.15, 0.2) is 0 Å². The molecule has 3 heteroatoms. The van der Waals surface area contributed by atoms with Crippen LogP contribution in [0.1, 0.15) is 59.1 Å². The Morgan fingerprint density at radius 2 is 1.95 bits per heavy atom. The monoisotopic (exact) mass is 304 g/mol. The van der Waals surface area contributed by atoms with Gasteiger partial charge in [0.25, 0.3) is 0 Å². The summed E-state index contributed by atoms with van der Waals surface area (Å²) < 4.78 is 5.94. The first-order valence-electron chi connectivity index (χ1n) is 7.77. The Morgan fingerprint density at radius 3 is 2.45 bits per heavy atom. The van der Waals surface area contributed by atoms with E-state index in [1.165, 1.54) is 0 Å². The molecule has 0 aromatic heterocycles. The minimum absolute atomic E-state index is 0.0323. The van der Waals surface area contributed by atoms with Crippen LogP contribution in [-0.2, 0) is 10.2 Å². The van der Waals surface area contributed by atoms with Gasteiger partial charge < -0.3 is 9.84 Å². The van der Waals surface area contributed by atoms with Crippen LogP contribution in [-0.4, -0.2) is 17.7 Å². The lowest BCUT2D eigenvalue weighted by atomic mass is 9.84. The average Bonchev–Trinajstić information content (AvgIpc) is 2.41. The molecule has 0 saturated heterocycles. The molecule has 0 unspecified atom stereocenters. The highest BCUT2D eigenvalue weighted by Gasteiger charge is 2.20. The maximum atomic E-state index is 10.7. The fraction of sp³-hybridized carbons (Fsp3) is 0.526. The van der Waals surface area contributed by atoms with Crippen molar-refractivity contribution in [3.8, 4) is 5.75 Å². The average molecular weight is 304 g/mol. The molecule has 0 bridgehead atoms. The highest BCUT2D eigenvalue weighted by molar-refractivity contribution is 5.74. The Hall–Kier alpha value is -1.77. The third kappa shape index (κ3) is 5.55. The number of ether oxygens (including phenoxy) is 1. The predicted molar refractivity (Wildman–Crippen MR) is 91.4 cm³/mol. The number of benzene rings is 1. The zero-order valence-corrected chi connectivity index (χ0v) is 14.6. The second-order valence-electron chi connectivity index (χ2n) is 7.15. The van der Waals surface area contributed by atoms with Crippen molar-refractivity contribution in [3.63, 3.8) is 0 Å². The van der Waals surface area contributed by atoms with Crippen molar-refractivity contribution in [1.82, 2.24) is 0 Å². The number of hydrogen-bond acceptors (Lipinski definition) is 2. The SMILES string of the molecule is C/C(=C\CC(=O)O)c1ccc(OCC(C)C)c(C(C)(C)C)c1. The van der Waals surface area contributed by atoms with Crippen LogP contribution in [0.2, 0.25) is 0 Å². The first-order valence-corrected chi connectivity index (χ1v) is 7.77. The van der Waals surface area contributed by atoms with Crippen molar-refractivity contribution in [1.29, 1.82) is 0 Å². The van der Waals surface area contributed by atoms with E-state index in [0.717, 1.165) is 22.4 Å². The van der Waals surface area contributed by atoms with E-state index in [9.17, 15) is 4.79 Å². The molecule has 3 nitrogen and oxygen atoms in total. The molecule has 1 aromatic carbocycles. The molecule has 0 amide bonds. The van der Waals surface area contributed by atoms with E-state index in [-0.39, 0.29) is 11.8 Å². The lowest BCUT2D eigenvalue weighted by Crippen LogP contribution is -2.15. The van der Waals surface area contributed by atoms with Crippen molar-refractivity contribution >= 4 is 11.5 Å². The van der Waals surface area contributed by atoms with E-state index in [0.29, 0.717) is 12.5 Å². The van der Waals surface area contributed by atoms with Gasteiger partial charge in [-0.05, 0) is 41.5 Å². The Morgan fingerprint density at radius 1 is 1.32 bits per heavy atom. The number of aliphatic carboxylic acids is 1. The van der Waals surface area contributed by atoms with Crippen molar-refractivity contribution < 1.29 is 14.6 Å². The van der Waals surface area contributed by atoms with Crippen LogP contribution in [0.15, 0.2) is 24.3 Å². The highest BCUT2D eigenvalue weighted by atomic mass is 16.5. The van der Waals surface area contributed by atoms with Gasteiger partial charge in [-0.15, -0.1) is 0 Å². The maximum Gasteiger partial charge on any atom is 0.307 e. The number of allylic oxidation sites excluding steroid dienone is 1. The number of carboxylic acid groups (broad SMARTS) is 1. The van der Waals surface area contributed by atoms with Gasteiger partial charge in [-0.1, -0.05) is 46.8 Å². The Bertz CT molecular complexity index is 548. The minimum Gasteiger partial charge on any atom is -0.493 e. The van der Waals surface area contributed by atoms with Crippen LogP contribution in [0.3, 0.4) is 0 Å². The zero-order valence-electron chi connectivity index (χ0n) is 14.6. The van der Waals surface area contributed by atoms with Crippen molar-refractivity contribution in [2.75, 3.05) is 6.61 Å². The van der Waals surface area contributed by atoms with E-state index >= 15 is 0 Å². The van der Waals surface area contributed by atoms with Crippen LogP contribution in [0, 0.1) is 5.92 Å². The van der Waals surface area contributed by atoms with Crippen molar-refractivity contribution in [2.24, 2.45) is 5.92 Å². The van der Waals surface area contributed by atoms with Gasteiger partial charge >= 0.3 is 5.97 Å². The molecule has 0 aliphatic carbocycles. The molecule has 0 spiro atoms. The standard InChI is InChI=1S/C19H28O3/c1-13(2)12-22-17-9-8-15(11-16(17)19(4,5)6)14(3)7-10-18(20)21/h7-9,11,13H,10,12H2,1-6H3,(H,20,21)/b14-7+. The molecular weight excluding hydrogens is 276 g/mol. The number of hydrogen-bond donors (Lipinski definition) is 1. The first-order chi connectivity index (χ1) is 10.1. The summed E-state index contributed by atoms with van der Waals surface area (Å²) in [5.41, 5.74) is 3.13. The first kappa shape index (κ1) is 18.3. The molecule has 0 atom stereocenters. The van der Waals surface area contributed by atoms with Crippen LogP contribution in [0.25, 0.3) is 5.57 Å². The third-order valence-electron chi connectivity index (χ3n) is 3.40. The molecule has 1 aromatic rings. The van der Waals surface area contributed by atoms with E-state index in [2.05, 4.69) is 40.7 Å². The normalized spacial score (nSPS) is 12.6. The Balaban J connectivity index is 3.14. The molecule has 22 heavy (non-hydrogen) atoms. The summed E-state index contributed by atoms with van der Waals surface area (Å²) in [6.07, 6.45) is 1.79. The van der Waals surface area contributed by atoms with Crippen LogP contribution >= 0.6 is 0 Å². The smallest absolute Gasteiger partial charge is 0.307 e. The molecule has 0 heterocycles. The van der Waals surface area contributed by atoms with Gasteiger partial charge in [0, 0.05) is 5.56 Å². The molecule has 0 aliphatic heterocycles. The summed E-state index contributed by atoms with van der Waals surface area (Å²) in [5, 5.41) is 8.79. The lowest BCUT2D eigenvalue weighted by Gasteiger charge is -2.24. The van der Waals surface area contributed by atoms with Gasteiger partial charge in [0.05, 0.1) is 13.0 Å². The summed E-state index contributed by atoms with van der Waals surface area (Å²) in [6.45, 7) is 13.4. The number of carbonyl (C=O) groups is 1. The topological polar surface area (TPSA) is 46.5 Å². The summed E-state index contributed by atoms with van der Waals surface area (Å²) in [7, 11) is 0. The fourth-order valence-corrected chi connectivity index (χ4v) is 2.10. The Kier molecular flexibility index (Phi) is 6.21. The van der Waals surface area contributed by atoms with E-state index in [1.807, 2.05) is 19.1 Å². The zero-order chi connectivity index (χ0) is 16.9. The summed E-state index contributed by atoms with van der Waals surface area (Å²) >= 11 is 0. The molecule has 0 radical (unpaired) electrons. The summed E-state index contributed by atoms with van der Waals surface area (Å²) in [4.78, 5) is 10.7. The summed E-state index contributed by atoms with van der Waals surface area (Å²) in [5.74, 6) is 0.577. The number of rotatable bonds is 6. The molecule has 1 rings (SSSR count). The van der Waals surface area contributed by atoms with E-state index < -0.39 is 5.97 Å². The lowest BCUT2D eigenvalue weighted by molar-refractivity contribution is -0.135. The van der Waals surface area contributed by atoms with Crippen LogP contribution in [0.5, 0.6) is 5.75 Å². The Labute approximate surface area is 134 Å². The van der Waals surface area contributed by atoms with Gasteiger partial charge in [-0.3, -0.25) is 4.79 Å². The largest absolute Gasteiger partial charge is 0.493 e. The van der Waals surface area contributed by atoms with Gasteiger partial charge in [-0.2, -0.15) is 0 Å². The molecule has 122 valence electrons. The van der Waals surface area contributed by atoms with Crippen molar-refractivity contribution in [3.05, 3.63) is 35.4 Å². The van der Waals surface area contributed by atoms with Gasteiger partial charge in [0.1, 0.15) is 5.75 Å². The molecular formula is C19H28O3. The molecule has 0 aliphatic rings. The highest BCUT2D eigenvalue weighted by Crippen LogP contribution is 2.34. The van der Waals surface area contributed by atoms with Crippen LogP contribution < -0.4 is 4.74 Å². The van der Waals surface area contributed by atoms with Gasteiger partial charge in [-0.25, -0.2) is 0 Å². The molecule has 1 N–H and O–H groups in total. The van der Waals surface area contributed by atoms with Crippen molar-refractivity contribution in [2.45, 2.75) is 53.4 Å². The molecule has 0 fully saturated rings. The number of carboxylic acids is 1. The maximum absolute atomic E-state index is 10.7. The second-order valence-corrected chi connectivity index (χ2v) is 7.15. The van der Waals surface area contributed by atoms with E-state index in [1.54, 1.807) is 6.08 Å².